The molecule has 0 atom stereocenters. The highest BCUT2D eigenvalue weighted by Gasteiger charge is 2.25. The summed E-state index contributed by atoms with van der Waals surface area (Å²) in [5.41, 5.74) is 1.19. The zero-order chi connectivity index (χ0) is 12.1. The number of piperidine rings is 1. The first kappa shape index (κ1) is 12.0. The number of anilines is 1. The molecule has 3 heteroatoms. The van der Waals surface area contributed by atoms with Crippen LogP contribution in [-0.4, -0.2) is 25.7 Å². The zero-order valence-electron chi connectivity index (χ0n) is 10.2. The Labute approximate surface area is 102 Å². The number of benzene rings is 1. The van der Waals surface area contributed by atoms with Gasteiger partial charge in [0, 0.05) is 18.8 Å². The van der Waals surface area contributed by atoms with Crippen LogP contribution in [0.3, 0.4) is 0 Å². The predicted octanol–water partition coefficient (Wildman–Crippen LogP) is 2.27. The first-order valence-electron chi connectivity index (χ1n) is 6.19. The van der Waals surface area contributed by atoms with Crippen LogP contribution in [0, 0.1) is 12.0 Å². The maximum Gasteiger partial charge on any atom is 0.309 e. The molecule has 0 aliphatic carbocycles. The van der Waals surface area contributed by atoms with Crippen molar-refractivity contribution < 1.29 is 9.53 Å². The summed E-state index contributed by atoms with van der Waals surface area (Å²) in [5, 5.41) is 0. The van der Waals surface area contributed by atoms with Gasteiger partial charge in [-0.1, -0.05) is 12.1 Å². The maximum absolute atomic E-state index is 11.6. The molecule has 0 spiro atoms. The lowest BCUT2D eigenvalue weighted by molar-refractivity contribution is -0.148. The van der Waals surface area contributed by atoms with Gasteiger partial charge in [-0.15, -0.1) is 0 Å². The molecule has 1 heterocycles. The Hall–Kier alpha value is -1.51. The van der Waals surface area contributed by atoms with Crippen molar-refractivity contribution in [1.82, 2.24) is 0 Å². The SMILES string of the molecule is CCOC(=O)C1CCN(c2c[c]ccc2)CC1. The fraction of sp³-hybridized carbons (Fsp3) is 0.500. The Balaban J connectivity index is 1.88. The van der Waals surface area contributed by atoms with E-state index >= 15 is 0 Å². The first-order chi connectivity index (χ1) is 8.31. The van der Waals surface area contributed by atoms with Gasteiger partial charge in [-0.2, -0.15) is 0 Å². The molecule has 91 valence electrons. The Bertz CT molecular complexity index is 356. The minimum absolute atomic E-state index is 0.0354. The van der Waals surface area contributed by atoms with Gasteiger partial charge in [-0.05, 0) is 38.0 Å². The van der Waals surface area contributed by atoms with Gasteiger partial charge in [-0.25, -0.2) is 0 Å². The van der Waals surface area contributed by atoms with Gasteiger partial charge in [0.1, 0.15) is 0 Å². The molecule has 0 amide bonds. The molecule has 2 rings (SSSR count). The van der Waals surface area contributed by atoms with Crippen LogP contribution in [0.1, 0.15) is 19.8 Å². The number of esters is 1. The Morgan fingerprint density at radius 1 is 1.53 bits per heavy atom. The van der Waals surface area contributed by atoms with Crippen molar-refractivity contribution in [1.29, 1.82) is 0 Å². The zero-order valence-corrected chi connectivity index (χ0v) is 10.2. The number of carbonyl (C=O) groups excluding carboxylic acids is 1. The van der Waals surface area contributed by atoms with Crippen LogP contribution in [-0.2, 0) is 9.53 Å². The largest absolute Gasteiger partial charge is 0.466 e. The highest BCUT2D eigenvalue weighted by atomic mass is 16.5. The lowest BCUT2D eigenvalue weighted by Gasteiger charge is -2.32. The normalized spacial score (nSPS) is 16.9. The summed E-state index contributed by atoms with van der Waals surface area (Å²) in [6, 6.07) is 11.0. The maximum atomic E-state index is 11.6. The van der Waals surface area contributed by atoms with E-state index in [1.807, 2.05) is 25.1 Å². The van der Waals surface area contributed by atoms with Crippen molar-refractivity contribution in [2.24, 2.45) is 5.92 Å². The van der Waals surface area contributed by atoms with Gasteiger partial charge >= 0.3 is 5.97 Å². The third-order valence-electron chi connectivity index (χ3n) is 3.17. The van der Waals surface area contributed by atoms with Crippen LogP contribution in [0.2, 0.25) is 0 Å². The van der Waals surface area contributed by atoms with E-state index in [0.29, 0.717) is 6.61 Å². The third kappa shape index (κ3) is 2.99. The summed E-state index contributed by atoms with van der Waals surface area (Å²) >= 11 is 0. The monoisotopic (exact) mass is 232 g/mol. The summed E-state index contributed by atoms with van der Waals surface area (Å²) in [6.07, 6.45) is 1.77. The van der Waals surface area contributed by atoms with Crippen molar-refractivity contribution in [2.75, 3.05) is 24.6 Å². The van der Waals surface area contributed by atoms with Crippen molar-refractivity contribution in [3.05, 3.63) is 30.3 Å². The van der Waals surface area contributed by atoms with Crippen molar-refractivity contribution in [3.8, 4) is 0 Å². The summed E-state index contributed by atoms with van der Waals surface area (Å²) in [4.78, 5) is 13.9. The second-order valence-corrected chi connectivity index (χ2v) is 4.28. The average molecular weight is 232 g/mol. The Morgan fingerprint density at radius 2 is 2.29 bits per heavy atom. The molecule has 0 N–H and O–H groups in total. The lowest BCUT2D eigenvalue weighted by atomic mass is 9.96. The quantitative estimate of drug-likeness (QED) is 0.749. The third-order valence-corrected chi connectivity index (χ3v) is 3.17. The van der Waals surface area contributed by atoms with E-state index in [9.17, 15) is 4.79 Å². The molecule has 1 radical (unpaired) electrons. The molecule has 1 aliphatic rings. The molecule has 0 bridgehead atoms. The number of carbonyl (C=O) groups is 1. The topological polar surface area (TPSA) is 29.5 Å². The van der Waals surface area contributed by atoms with Crippen LogP contribution < -0.4 is 4.90 Å². The van der Waals surface area contributed by atoms with Gasteiger partial charge in [-0.3, -0.25) is 4.79 Å². The molecule has 3 nitrogen and oxygen atoms in total. The van der Waals surface area contributed by atoms with Gasteiger partial charge < -0.3 is 9.64 Å². The van der Waals surface area contributed by atoms with Crippen molar-refractivity contribution in [2.45, 2.75) is 19.8 Å². The fourth-order valence-corrected chi connectivity index (χ4v) is 2.21. The summed E-state index contributed by atoms with van der Waals surface area (Å²) in [6.45, 7) is 4.17. The van der Waals surface area contributed by atoms with Crippen LogP contribution in [0.4, 0.5) is 5.69 Å². The number of hydrogen-bond donors (Lipinski definition) is 0. The summed E-state index contributed by atoms with van der Waals surface area (Å²) in [5.74, 6) is 0.0469. The Kier molecular flexibility index (Phi) is 4.02. The van der Waals surface area contributed by atoms with Crippen LogP contribution >= 0.6 is 0 Å². The summed E-state index contributed by atoms with van der Waals surface area (Å²) in [7, 11) is 0. The molecule has 1 fully saturated rings. The number of rotatable bonds is 3. The predicted molar refractivity (Wildman–Crippen MR) is 66.8 cm³/mol. The van der Waals surface area contributed by atoms with Gasteiger partial charge in [0.2, 0.25) is 0 Å². The molecule has 0 aromatic heterocycles. The molecular formula is C14H18NO2. The Morgan fingerprint density at radius 3 is 2.88 bits per heavy atom. The minimum Gasteiger partial charge on any atom is -0.466 e. The number of nitrogens with zero attached hydrogens (tertiary/aromatic N) is 1. The van der Waals surface area contributed by atoms with E-state index in [-0.39, 0.29) is 11.9 Å². The molecular weight excluding hydrogens is 214 g/mol. The molecule has 1 aromatic rings. The minimum atomic E-state index is -0.0354. The van der Waals surface area contributed by atoms with Gasteiger partial charge in [0.15, 0.2) is 0 Å². The van der Waals surface area contributed by atoms with E-state index in [0.717, 1.165) is 25.9 Å². The highest BCUT2D eigenvalue weighted by molar-refractivity contribution is 5.72. The average Bonchev–Trinajstić information content (AvgIpc) is 2.40. The highest BCUT2D eigenvalue weighted by Crippen LogP contribution is 2.23. The molecule has 1 aliphatic heterocycles. The standard InChI is InChI=1S/C14H18NO2/c1-2-17-14(16)12-8-10-15(11-9-12)13-6-4-3-5-7-13/h3-4,6-7,12H,2,8-11H2,1H3. The number of hydrogen-bond acceptors (Lipinski definition) is 3. The van der Waals surface area contributed by atoms with Gasteiger partial charge in [0.25, 0.3) is 0 Å². The smallest absolute Gasteiger partial charge is 0.309 e. The van der Waals surface area contributed by atoms with E-state index in [4.69, 9.17) is 4.74 Å². The molecule has 0 unspecified atom stereocenters. The number of ether oxygens (including phenoxy) is 1. The molecule has 0 saturated carbocycles. The second-order valence-electron chi connectivity index (χ2n) is 4.28. The van der Waals surface area contributed by atoms with E-state index < -0.39 is 0 Å². The molecule has 17 heavy (non-hydrogen) atoms. The van der Waals surface area contributed by atoms with Crippen molar-refractivity contribution >= 4 is 11.7 Å². The lowest BCUT2D eigenvalue weighted by Crippen LogP contribution is -2.36. The second kappa shape index (κ2) is 5.71. The first-order valence-corrected chi connectivity index (χ1v) is 6.19. The molecule has 1 aromatic carbocycles. The van der Waals surface area contributed by atoms with Crippen molar-refractivity contribution in [3.63, 3.8) is 0 Å². The van der Waals surface area contributed by atoms with Gasteiger partial charge in [0.05, 0.1) is 12.5 Å². The van der Waals surface area contributed by atoms with E-state index in [1.165, 1.54) is 5.69 Å². The van der Waals surface area contributed by atoms with E-state index in [1.54, 1.807) is 0 Å². The van der Waals surface area contributed by atoms with Crippen LogP contribution in [0.15, 0.2) is 24.3 Å². The van der Waals surface area contributed by atoms with Crippen LogP contribution in [0.25, 0.3) is 0 Å². The molecule has 1 saturated heterocycles. The summed E-state index contributed by atoms with van der Waals surface area (Å²) < 4.78 is 5.06. The van der Waals surface area contributed by atoms with E-state index in [2.05, 4.69) is 17.0 Å². The fourth-order valence-electron chi connectivity index (χ4n) is 2.21. The van der Waals surface area contributed by atoms with Crippen LogP contribution in [0.5, 0.6) is 0 Å².